The average molecular weight is 214 g/mol. The fourth-order valence-electron chi connectivity index (χ4n) is 1.75. The minimum atomic E-state index is -0.758. The van der Waals surface area contributed by atoms with Crippen LogP contribution in [0.15, 0.2) is 0 Å². The lowest BCUT2D eigenvalue weighted by Crippen LogP contribution is -2.51. The molecule has 0 radical (unpaired) electrons. The summed E-state index contributed by atoms with van der Waals surface area (Å²) in [5, 5.41) is 11.3. The first-order valence-corrected chi connectivity index (χ1v) is 5.21. The molecule has 0 aromatic carbocycles. The number of carbonyl (C=O) groups excluding carboxylic acids is 1. The van der Waals surface area contributed by atoms with E-state index >= 15 is 0 Å². The maximum atomic E-state index is 11.3. The Balaban J connectivity index is 2.12. The molecule has 1 fully saturated rings. The summed E-state index contributed by atoms with van der Waals surface area (Å²) in [6, 6.07) is 0.161. The van der Waals surface area contributed by atoms with Crippen LogP contribution in [0.3, 0.4) is 0 Å². The molecule has 0 bridgehead atoms. The zero-order valence-corrected chi connectivity index (χ0v) is 9.19. The number of nitrogens with zero attached hydrogens (tertiary/aromatic N) is 1. The minimum absolute atomic E-state index is 0.0128. The van der Waals surface area contributed by atoms with Gasteiger partial charge in [-0.05, 0) is 19.8 Å². The Kier molecular flexibility index (Phi) is 4.08. The molecule has 1 rings (SSSR count). The van der Waals surface area contributed by atoms with Crippen molar-refractivity contribution < 1.29 is 14.7 Å². The summed E-state index contributed by atoms with van der Waals surface area (Å²) in [4.78, 5) is 23.7. The highest BCUT2D eigenvalue weighted by atomic mass is 16.4. The van der Waals surface area contributed by atoms with Crippen molar-refractivity contribution >= 4 is 11.9 Å². The predicted octanol–water partition coefficient (Wildman–Crippen LogP) is -0.0825. The van der Waals surface area contributed by atoms with Crippen LogP contribution in [0, 0.1) is 5.92 Å². The van der Waals surface area contributed by atoms with E-state index in [0.717, 1.165) is 13.1 Å². The predicted molar refractivity (Wildman–Crippen MR) is 55.5 cm³/mol. The first kappa shape index (κ1) is 12.0. The highest BCUT2D eigenvalue weighted by Gasteiger charge is 2.29. The Morgan fingerprint density at radius 2 is 2.07 bits per heavy atom. The van der Waals surface area contributed by atoms with Crippen LogP contribution in [-0.4, -0.2) is 47.6 Å². The summed E-state index contributed by atoms with van der Waals surface area (Å²) >= 11 is 0. The van der Waals surface area contributed by atoms with E-state index < -0.39 is 5.97 Å². The molecule has 86 valence electrons. The first-order valence-electron chi connectivity index (χ1n) is 5.21. The van der Waals surface area contributed by atoms with Crippen molar-refractivity contribution in [1.29, 1.82) is 0 Å². The van der Waals surface area contributed by atoms with Crippen LogP contribution in [0.1, 0.15) is 20.3 Å². The molecule has 1 aliphatic rings. The number of hydrogen-bond donors (Lipinski definition) is 2. The summed E-state index contributed by atoms with van der Waals surface area (Å²) in [5.41, 5.74) is 0. The summed E-state index contributed by atoms with van der Waals surface area (Å²) in [6.45, 7) is 5.66. The van der Waals surface area contributed by atoms with Crippen LogP contribution in [0.4, 0.5) is 0 Å². The Bertz CT molecular complexity index is 247. The molecule has 0 atom stereocenters. The molecule has 0 aromatic heterocycles. The number of hydrogen-bond acceptors (Lipinski definition) is 3. The Labute approximate surface area is 89.4 Å². The lowest BCUT2D eigenvalue weighted by molar-refractivity contribution is -0.139. The summed E-state index contributed by atoms with van der Waals surface area (Å²) < 4.78 is 0. The molecule has 15 heavy (non-hydrogen) atoms. The Morgan fingerprint density at radius 1 is 1.47 bits per heavy atom. The second-order valence-electron chi connectivity index (χ2n) is 4.38. The molecule has 5 nitrogen and oxygen atoms in total. The smallest absolute Gasteiger partial charge is 0.303 e. The van der Waals surface area contributed by atoms with Gasteiger partial charge in [0, 0.05) is 19.1 Å². The topological polar surface area (TPSA) is 69.6 Å². The number of carboxylic acids is 1. The molecule has 0 aliphatic carbocycles. The van der Waals surface area contributed by atoms with Gasteiger partial charge in [0.2, 0.25) is 5.91 Å². The van der Waals surface area contributed by atoms with Gasteiger partial charge in [-0.1, -0.05) is 0 Å². The van der Waals surface area contributed by atoms with Gasteiger partial charge >= 0.3 is 5.97 Å². The SMILES string of the molecule is CC(C)NC(=O)CN1CC(CC(=O)O)C1. The third-order valence-corrected chi connectivity index (χ3v) is 2.31. The number of aliphatic carboxylic acids is 1. The van der Waals surface area contributed by atoms with Gasteiger partial charge in [0.1, 0.15) is 0 Å². The van der Waals surface area contributed by atoms with E-state index in [1.165, 1.54) is 0 Å². The minimum Gasteiger partial charge on any atom is -0.481 e. The van der Waals surface area contributed by atoms with Crippen molar-refractivity contribution in [3.05, 3.63) is 0 Å². The van der Waals surface area contributed by atoms with E-state index in [0.29, 0.717) is 6.54 Å². The summed E-state index contributed by atoms with van der Waals surface area (Å²) in [7, 11) is 0. The van der Waals surface area contributed by atoms with Gasteiger partial charge in [0.15, 0.2) is 0 Å². The zero-order valence-electron chi connectivity index (χ0n) is 9.19. The molecule has 1 aliphatic heterocycles. The number of nitrogens with one attached hydrogen (secondary N) is 1. The van der Waals surface area contributed by atoms with Crippen molar-refractivity contribution in [2.24, 2.45) is 5.92 Å². The molecule has 1 saturated heterocycles. The fraction of sp³-hybridized carbons (Fsp3) is 0.800. The molecular weight excluding hydrogens is 196 g/mol. The molecule has 0 spiro atoms. The van der Waals surface area contributed by atoms with Crippen LogP contribution >= 0.6 is 0 Å². The Morgan fingerprint density at radius 3 is 2.53 bits per heavy atom. The maximum Gasteiger partial charge on any atom is 0.303 e. The van der Waals surface area contributed by atoms with Gasteiger partial charge in [-0.25, -0.2) is 0 Å². The molecule has 2 N–H and O–H groups in total. The van der Waals surface area contributed by atoms with Gasteiger partial charge in [-0.2, -0.15) is 0 Å². The van der Waals surface area contributed by atoms with Crippen molar-refractivity contribution in [3.8, 4) is 0 Å². The molecule has 0 saturated carbocycles. The van der Waals surface area contributed by atoms with Crippen molar-refractivity contribution in [2.45, 2.75) is 26.3 Å². The van der Waals surface area contributed by atoms with Gasteiger partial charge in [0.05, 0.1) is 13.0 Å². The lowest BCUT2D eigenvalue weighted by Gasteiger charge is -2.38. The number of amides is 1. The maximum absolute atomic E-state index is 11.3. The van der Waals surface area contributed by atoms with Crippen molar-refractivity contribution in [1.82, 2.24) is 10.2 Å². The second kappa shape index (κ2) is 5.11. The van der Waals surface area contributed by atoms with E-state index in [1.54, 1.807) is 0 Å². The van der Waals surface area contributed by atoms with E-state index in [2.05, 4.69) is 5.32 Å². The first-order chi connectivity index (χ1) is 6.97. The zero-order chi connectivity index (χ0) is 11.4. The highest BCUT2D eigenvalue weighted by Crippen LogP contribution is 2.18. The Hall–Kier alpha value is -1.10. The van der Waals surface area contributed by atoms with Gasteiger partial charge in [0.25, 0.3) is 0 Å². The van der Waals surface area contributed by atoms with Crippen LogP contribution in [0.5, 0.6) is 0 Å². The average Bonchev–Trinajstić information content (AvgIpc) is 1.97. The summed E-state index contributed by atoms with van der Waals surface area (Å²) in [5.74, 6) is -0.528. The van der Waals surface area contributed by atoms with Gasteiger partial charge in [-0.15, -0.1) is 0 Å². The van der Waals surface area contributed by atoms with E-state index in [9.17, 15) is 9.59 Å². The number of rotatable bonds is 5. The van der Waals surface area contributed by atoms with Crippen LogP contribution in [0.25, 0.3) is 0 Å². The van der Waals surface area contributed by atoms with E-state index in [4.69, 9.17) is 5.11 Å². The largest absolute Gasteiger partial charge is 0.481 e. The standard InChI is InChI=1S/C10H18N2O3/c1-7(2)11-9(13)6-12-4-8(5-12)3-10(14)15/h7-8H,3-6H2,1-2H3,(H,11,13)(H,14,15). The number of carboxylic acid groups (broad SMARTS) is 1. The monoisotopic (exact) mass is 214 g/mol. The second-order valence-corrected chi connectivity index (χ2v) is 4.38. The third-order valence-electron chi connectivity index (χ3n) is 2.31. The molecule has 0 aromatic rings. The quantitative estimate of drug-likeness (QED) is 0.671. The van der Waals surface area contributed by atoms with Crippen LogP contribution in [0.2, 0.25) is 0 Å². The molecular formula is C10H18N2O3. The summed E-state index contributed by atoms with van der Waals surface area (Å²) in [6.07, 6.45) is 0.211. The van der Waals surface area contributed by atoms with E-state index in [-0.39, 0.29) is 24.3 Å². The number of likely N-dealkylation sites (tertiary alicyclic amines) is 1. The normalized spacial score (nSPS) is 17.5. The molecule has 1 heterocycles. The number of carbonyl (C=O) groups is 2. The van der Waals surface area contributed by atoms with Gasteiger partial charge in [-0.3, -0.25) is 14.5 Å². The fourth-order valence-corrected chi connectivity index (χ4v) is 1.75. The van der Waals surface area contributed by atoms with Gasteiger partial charge < -0.3 is 10.4 Å². The van der Waals surface area contributed by atoms with Crippen LogP contribution < -0.4 is 5.32 Å². The molecule has 1 amide bonds. The lowest BCUT2D eigenvalue weighted by atomic mass is 9.96. The van der Waals surface area contributed by atoms with Crippen molar-refractivity contribution in [3.63, 3.8) is 0 Å². The molecule has 5 heteroatoms. The molecule has 0 unspecified atom stereocenters. The van der Waals surface area contributed by atoms with Crippen molar-refractivity contribution in [2.75, 3.05) is 19.6 Å². The van der Waals surface area contributed by atoms with E-state index in [1.807, 2.05) is 18.7 Å². The highest BCUT2D eigenvalue weighted by molar-refractivity contribution is 5.78. The van der Waals surface area contributed by atoms with Crippen LogP contribution in [-0.2, 0) is 9.59 Å². The third kappa shape index (κ3) is 4.29.